The zero-order valence-corrected chi connectivity index (χ0v) is 14.9. The molecule has 2 heterocycles. The van der Waals surface area contributed by atoms with Crippen LogP contribution in [0.2, 0.25) is 5.02 Å². The van der Waals surface area contributed by atoms with E-state index >= 15 is 0 Å². The molecule has 1 aliphatic rings. The van der Waals surface area contributed by atoms with Crippen molar-refractivity contribution < 1.29 is 14.3 Å². The van der Waals surface area contributed by atoms with Crippen LogP contribution >= 0.6 is 11.6 Å². The second kappa shape index (κ2) is 8.54. The maximum atomic E-state index is 12.8. The van der Waals surface area contributed by atoms with Crippen molar-refractivity contribution in [2.45, 2.75) is 19.4 Å². The van der Waals surface area contributed by atoms with Gasteiger partial charge in [0.05, 0.1) is 23.9 Å². The lowest BCUT2D eigenvalue weighted by Gasteiger charge is -2.23. The molecule has 0 aliphatic carbocycles. The van der Waals surface area contributed by atoms with Gasteiger partial charge in [0, 0.05) is 25.5 Å². The van der Waals surface area contributed by atoms with Gasteiger partial charge in [-0.1, -0.05) is 17.7 Å². The highest BCUT2D eigenvalue weighted by Gasteiger charge is 2.20. The van der Waals surface area contributed by atoms with Crippen LogP contribution in [0.15, 0.2) is 36.7 Å². The van der Waals surface area contributed by atoms with Crippen LogP contribution in [-0.2, 0) is 17.8 Å². The van der Waals surface area contributed by atoms with Gasteiger partial charge in [-0.15, -0.1) is 0 Å². The number of fused-ring (bicyclic) bond motifs is 1. The number of carbonyl (C=O) groups is 1. The average molecular weight is 372 g/mol. The number of hydrogen-bond donors (Lipinski definition) is 0. The Hall–Kier alpha value is -2.78. The number of rotatable bonds is 6. The van der Waals surface area contributed by atoms with Gasteiger partial charge in [0.1, 0.15) is 13.2 Å². The first-order valence-electron chi connectivity index (χ1n) is 8.29. The minimum atomic E-state index is -0.0863. The second-order valence-electron chi connectivity index (χ2n) is 5.86. The third kappa shape index (κ3) is 4.44. The fourth-order valence-corrected chi connectivity index (χ4v) is 3.03. The van der Waals surface area contributed by atoms with Gasteiger partial charge in [-0.05, 0) is 29.3 Å². The zero-order chi connectivity index (χ0) is 18.4. The molecule has 7 heteroatoms. The number of amides is 1. The zero-order valence-electron chi connectivity index (χ0n) is 14.2. The molecule has 0 bridgehead atoms. The third-order valence-corrected chi connectivity index (χ3v) is 4.24. The molecule has 2 aromatic rings. The van der Waals surface area contributed by atoms with Gasteiger partial charge in [-0.2, -0.15) is 5.26 Å². The first-order chi connectivity index (χ1) is 12.7. The van der Waals surface area contributed by atoms with E-state index in [1.54, 1.807) is 29.4 Å². The first kappa shape index (κ1) is 18.0. The fraction of sp³-hybridized carbons (Fsp3) is 0.316. The van der Waals surface area contributed by atoms with E-state index in [-0.39, 0.29) is 18.7 Å². The smallest absolute Gasteiger partial charge is 0.227 e. The number of carbonyl (C=O) groups excluding carboxylic acids is 1. The Morgan fingerprint density at radius 2 is 2.15 bits per heavy atom. The van der Waals surface area contributed by atoms with Crippen molar-refractivity contribution in [2.75, 3.05) is 19.8 Å². The van der Waals surface area contributed by atoms with E-state index in [0.29, 0.717) is 42.8 Å². The summed E-state index contributed by atoms with van der Waals surface area (Å²) in [4.78, 5) is 18.5. The standard InChI is InChI=1S/C19H18ClN3O3/c20-16-9-15(10-17-19(16)26-8-7-25-17)11-18(24)23(6-2-4-21)13-14-3-1-5-22-12-14/h1,3,5,9-10,12H,2,6-8,11,13H2. The molecule has 0 N–H and O–H groups in total. The summed E-state index contributed by atoms with van der Waals surface area (Å²) < 4.78 is 11.1. The van der Waals surface area contributed by atoms with Crippen LogP contribution in [0.5, 0.6) is 11.5 Å². The SMILES string of the molecule is N#CCCN(Cc1cccnc1)C(=O)Cc1cc(Cl)c2c(c1)OCCO2. The van der Waals surface area contributed by atoms with Gasteiger partial charge in [-0.25, -0.2) is 0 Å². The minimum absolute atomic E-state index is 0.0863. The predicted octanol–water partition coefficient (Wildman–Crippen LogP) is 2.99. The molecular weight excluding hydrogens is 354 g/mol. The summed E-state index contributed by atoms with van der Waals surface area (Å²) in [6.07, 6.45) is 3.84. The highest BCUT2D eigenvalue weighted by molar-refractivity contribution is 6.32. The van der Waals surface area contributed by atoms with E-state index in [9.17, 15) is 4.79 Å². The molecule has 0 saturated heterocycles. The molecule has 134 valence electrons. The second-order valence-corrected chi connectivity index (χ2v) is 6.27. The van der Waals surface area contributed by atoms with E-state index in [2.05, 4.69) is 11.1 Å². The Bertz CT molecular complexity index is 821. The van der Waals surface area contributed by atoms with Gasteiger partial charge in [0.15, 0.2) is 11.5 Å². The molecule has 1 amide bonds. The van der Waals surface area contributed by atoms with Gasteiger partial charge < -0.3 is 14.4 Å². The molecule has 1 aromatic heterocycles. The van der Waals surface area contributed by atoms with Crippen LogP contribution in [0.4, 0.5) is 0 Å². The number of nitriles is 1. The van der Waals surface area contributed by atoms with E-state index in [1.807, 2.05) is 12.1 Å². The molecule has 1 aromatic carbocycles. The molecule has 26 heavy (non-hydrogen) atoms. The quantitative estimate of drug-likeness (QED) is 0.780. The molecule has 0 fully saturated rings. The third-order valence-electron chi connectivity index (χ3n) is 3.95. The Morgan fingerprint density at radius 3 is 2.92 bits per heavy atom. The maximum Gasteiger partial charge on any atom is 0.227 e. The van der Waals surface area contributed by atoms with E-state index < -0.39 is 0 Å². The summed E-state index contributed by atoms with van der Waals surface area (Å²) in [6, 6.07) is 9.32. The lowest BCUT2D eigenvalue weighted by atomic mass is 10.1. The number of benzene rings is 1. The summed E-state index contributed by atoms with van der Waals surface area (Å²) in [5.74, 6) is 0.991. The molecule has 3 rings (SSSR count). The van der Waals surface area contributed by atoms with Crippen molar-refractivity contribution in [2.24, 2.45) is 0 Å². The summed E-state index contributed by atoms with van der Waals surface area (Å²) in [7, 11) is 0. The first-order valence-corrected chi connectivity index (χ1v) is 8.67. The molecular formula is C19H18ClN3O3. The topological polar surface area (TPSA) is 75.5 Å². The maximum absolute atomic E-state index is 12.8. The summed E-state index contributed by atoms with van der Waals surface area (Å²) >= 11 is 6.24. The molecule has 0 atom stereocenters. The van der Waals surface area contributed by atoms with Crippen molar-refractivity contribution in [1.29, 1.82) is 5.26 Å². The molecule has 0 radical (unpaired) electrons. The summed E-state index contributed by atoms with van der Waals surface area (Å²) in [6.45, 7) is 1.68. The van der Waals surface area contributed by atoms with E-state index in [0.717, 1.165) is 11.1 Å². The number of halogens is 1. The molecule has 6 nitrogen and oxygen atoms in total. The molecule has 0 saturated carbocycles. The van der Waals surface area contributed by atoms with E-state index in [4.69, 9.17) is 26.3 Å². The Morgan fingerprint density at radius 1 is 1.31 bits per heavy atom. The number of aromatic nitrogens is 1. The monoisotopic (exact) mass is 371 g/mol. The average Bonchev–Trinajstić information content (AvgIpc) is 2.66. The van der Waals surface area contributed by atoms with Crippen LogP contribution < -0.4 is 9.47 Å². The lowest BCUT2D eigenvalue weighted by Crippen LogP contribution is -2.32. The van der Waals surface area contributed by atoms with E-state index in [1.165, 1.54) is 0 Å². The van der Waals surface area contributed by atoms with Crippen LogP contribution in [0.3, 0.4) is 0 Å². The van der Waals surface area contributed by atoms with Crippen LogP contribution in [0.25, 0.3) is 0 Å². The normalized spacial score (nSPS) is 12.3. The van der Waals surface area contributed by atoms with Crippen LogP contribution in [0, 0.1) is 11.3 Å². The summed E-state index contributed by atoms with van der Waals surface area (Å²) in [5.41, 5.74) is 1.66. The highest BCUT2D eigenvalue weighted by atomic mass is 35.5. The van der Waals surface area contributed by atoms with Crippen molar-refractivity contribution in [1.82, 2.24) is 9.88 Å². The van der Waals surface area contributed by atoms with Gasteiger partial charge in [0.25, 0.3) is 0 Å². The van der Waals surface area contributed by atoms with Gasteiger partial charge in [0.2, 0.25) is 5.91 Å². The van der Waals surface area contributed by atoms with Crippen LogP contribution in [-0.4, -0.2) is 35.5 Å². The largest absolute Gasteiger partial charge is 0.486 e. The summed E-state index contributed by atoms with van der Waals surface area (Å²) in [5, 5.41) is 9.30. The highest BCUT2D eigenvalue weighted by Crippen LogP contribution is 2.38. The van der Waals surface area contributed by atoms with Gasteiger partial charge >= 0.3 is 0 Å². The Balaban J connectivity index is 1.75. The minimum Gasteiger partial charge on any atom is -0.486 e. The Kier molecular flexibility index (Phi) is 5.92. The Labute approximate surface area is 156 Å². The van der Waals surface area contributed by atoms with Crippen LogP contribution in [0.1, 0.15) is 17.5 Å². The number of ether oxygens (including phenoxy) is 2. The number of nitrogens with zero attached hydrogens (tertiary/aromatic N) is 3. The van der Waals surface area contributed by atoms with Crippen molar-refractivity contribution in [3.8, 4) is 17.6 Å². The van der Waals surface area contributed by atoms with Crippen molar-refractivity contribution >= 4 is 17.5 Å². The predicted molar refractivity (Wildman–Crippen MR) is 96.0 cm³/mol. The molecule has 0 spiro atoms. The molecule has 1 aliphatic heterocycles. The lowest BCUT2D eigenvalue weighted by molar-refractivity contribution is -0.131. The number of hydrogen-bond acceptors (Lipinski definition) is 5. The number of pyridine rings is 1. The van der Waals surface area contributed by atoms with Crippen molar-refractivity contribution in [3.63, 3.8) is 0 Å². The fourth-order valence-electron chi connectivity index (χ4n) is 2.74. The molecule has 0 unspecified atom stereocenters. The van der Waals surface area contributed by atoms with Crippen molar-refractivity contribution in [3.05, 3.63) is 52.8 Å². The van der Waals surface area contributed by atoms with Gasteiger partial charge in [-0.3, -0.25) is 9.78 Å².